The van der Waals surface area contributed by atoms with Crippen LogP contribution in [0.1, 0.15) is 119 Å². The summed E-state index contributed by atoms with van der Waals surface area (Å²) in [6.45, 7) is 20.8. The number of esters is 1. The Morgan fingerprint density at radius 1 is 0.667 bits per heavy atom. The molecule has 0 saturated heterocycles. The number of halogens is 1. The number of para-hydroxylation sites is 1. The highest BCUT2D eigenvalue weighted by molar-refractivity contribution is 6.30. The molecule has 1 heterocycles. The Balaban J connectivity index is 0.000000232. The molecule has 0 unspecified atom stereocenters. The molecule has 7 aromatic rings. The van der Waals surface area contributed by atoms with Crippen molar-refractivity contribution in [3.05, 3.63) is 171 Å². The first kappa shape index (κ1) is 51.5. The Hall–Kier alpha value is -5.85. The van der Waals surface area contributed by atoms with E-state index in [1.165, 1.54) is 46.4 Å². The fourth-order valence-corrected chi connectivity index (χ4v) is 7.21. The second kappa shape index (κ2) is 24.7. The van der Waals surface area contributed by atoms with E-state index in [4.69, 9.17) is 25.8 Å². The Morgan fingerprint density at radius 3 is 1.78 bits per heavy atom. The molecule has 0 amide bonds. The van der Waals surface area contributed by atoms with Gasteiger partial charge in [0.25, 0.3) is 5.91 Å². The van der Waals surface area contributed by atoms with Gasteiger partial charge in [-0.05, 0) is 144 Å². The van der Waals surface area contributed by atoms with E-state index in [1.807, 2.05) is 56.3 Å². The van der Waals surface area contributed by atoms with Gasteiger partial charge >= 0.3 is 5.97 Å². The lowest BCUT2D eigenvalue weighted by molar-refractivity contribution is -0.131. The lowest BCUT2D eigenvalue weighted by Crippen LogP contribution is -2.13. The second-order valence-electron chi connectivity index (χ2n) is 16.4. The summed E-state index contributed by atoms with van der Waals surface area (Å²) < 4.78 is 17.2. The largest absolute Gasteiger partial charge is 0.497 e. The zero-order valence-corrected chi connectivity index (χ0v) is 39.4. The van der Waals surface area contributed by atoms with Crippen molar-refractivity contribution in [2.75, 3.05) is 14.2 Å². The second-order valence-corrected chi connectivity index (χ2v) is 16.9. The van der Waals surface area contributed by atoms with Crippen LogP contribution < -0.4 is 14.2 Å². The zero-order valence-electron chi connectivity index (χ0n) is 38.6. The number of nitrogens with zero attached hydrogens (tertiary/aromatic N) is 1. The molecule has 0 aliphatic heterocycles. The molecule has 63 heavy (non-hydrogen) atoms. The maximum absolute atomic E-state index is 13.0. The monoisotopic (exact) mass is 869 g/mol. The molecule has 6 aromatic carbocycles. The highest BCUT2D eigenvalue weighted by atomic mass is 35.5. The van der Waals surface area contributed by atoms with Crippen LogP contribution in [0.25, 0.3) is 21.7 Å². The number of rotatable bonds is 9. The van der Waals surface area contributed by atoms with Crippen LogP contribution in [0.15, 0.2) is 127 Å². The van der Waals surface area contributed by atoms with Gasteiger partial charge in [0, 0.05) is 28.6 Å². The SMILES string of the molecule is C.CC(=O)Oc1ccccc1C.CC(C)Cc1ccc(C(C)C)cc1.CCc1c(C)n(C(=O)c2ccc(Cl)cc2)c2ccc(OC)cc12.COc1ccc2cc(C(C)C)ccc2c1. The van der Waals surface area contributed by atoms with E-state index < -0.39 is 0 Å². The predicted octanol–water partition coefficient (Wildman–Crippen LogP) is 15.4. The molecule has 0 bridgehead atoms. The Bertz CT molecular complexity index is 2530. The number of aromatic nitrogens is 1. The van der Waals surface area contributed by atoms with Gasteiger partial charge in [0.05, 0.1) is 19.7 Å². The van der Waals surface area contributed by atoms with Crippen molar-refractivity contribution in [1.29, 1.82) is 0 Å². The number of fused-ring (bicyclic) bond motifs is 2. The highest BCUT2D eigenvalue weighted by Gasteiger charge is 2.19. The Morgan fingerprint density at radius 2 is 1.22 bits per heavy atom. The average molecular weight is 871 g/mol. The number of methoxy groups -OCH3 is 2. The normalized spacial score (nSPS) is 10.5. The molecule has 0 N–H and O–H groups in total. The number of ether oxygens (including phenoxy) is 3. The summed E-state index contributed by atoms with van der Waals surface area (Å²) in [7, 11) is 3.35. The van der Waals surface area contributed by atoms with Crippen molar-refractivity contribution >= 4 is 45.2 Å². The third-order valence-corrected chi connectivity index (χ3v) is 10.8. The van der Waals surface area contributed by atoms with Crippen LogP contribution in [0.4, 0.5) is 0 Å². The molecule has 0 fully saturated rings. The molecule has 0 atom stereocenters. The van der Waals surface area contributed by atoms with E-state index >= 15 is 0 Å². The van der Waals surface area contributed by atoms with Gasteiger partial charge in [0.1, 0.15) is 17.2 Å². The molecule has 0 aliphatic carbocycles. The predicted molar refractivity (Wildman–Crippen MR) is 267 cm³/mol. The topological polar surface area (TPSA) is 66.8 Å². The standard InChI is InChI=1S/C19H18ClNO2.C14H16O.C13H20.C9H10O2.CH4/c1-4-16-12(2)21(18-10-9-15(23-3)11-17(16)18)19(22)13-5-7-14(20)8-6-13;1-10(2)11-4-5-13-9-14(15-3)7-6-12(13)8-11;1-10(2)9-12-5-7-13(8-6-12)11(3)4;1-7-5-3-4-6-9(7)11-8(2)10;/h5-11H,4H2,1-3H3;4-10H,1-3H3;5-8,10-11H,9H2,1-4H3;3-6H,1-2H3;1H4. The van der Waals surface area contributed by atoms with Gasteiger partial charge in [-0.15, -0.1) is 0 Å². The third-order valence-electron chi connectivity index (χ3n) is 10.6. The van der Waals surface area contributed by atoms with Crippen molar-refractivity contribution in [2.45, 2.75) is 101 Å². The molecule has 0 aliphatic rings. The lowest BCUT2D eigenvalue weighted by atomic mass is 9.98. The minimum Gasteiger partial charge on any atom is -0.497 e. The van der Waals surface area contributed by atoms with Crippen LogP contribution >= 0.6 is 11.6 Å². The summed E-state index contributed by atoms with van der Waals surface area (Å²) in [4.78, 5) is 23.5. The van der Waals surface area contributed by atoms with E-state index in [9.17, 15) is 9.59 Å². The van der Waals surface area contributed by atoms with Crippen molar-refractivity contribution in [1.82, 2.24) is 4.57 Å². The van der Waals surface area contributed by atoms with Crippen molar-refractivity contribution < 1.29 is 23.8 Å². The Labute approximate surface area is 382 Å². The summed E-state index contributed by atoms with van der Waals surface area (Å²) in [6, 6.07) is 42.0. The van der Waals surface area contributed by atoms with Crippen molar-refractivity contribution in [3.63, 3.8) is 0 Å². The maximum atomic E-state index is 13.0. The smallest absolute Gasteiger partial charge is 0.308 e. The molecule has 7 heteroatoms. The number of aryl methyl sites for hydroxylation is 2. The molecule has 7 rings (SSSR count). The van der Waals surface area contributed by atoms with E-state index in [-0.39, 0.29) is 19.3 Å². The van der Waals surface area contributed by atoms with Crippen LogP contribution in [0.5, 0.6) is 17.2 Å². The molecular formula is C56H68ClNO5. The molecule has 0 radical (unpaired) electrons. The van der Waals surface area contributed by atoms with Gasteiger partial charge in [-0.25, -0.2) is 0 Å². The minimum atomic E-state index is -0.278. The average Bonchev–Trinajstić information content (AvgIpc) is 3.54. The summed E-state index contributed by atoms with van der Waals surface area (Å²) >= 11 is 5.92. The summed E-state index contributed by atoms with van der Waals surface area (Å²) in [5.41, 5.74) is 8.91. The van der Waals surface area contributed by atoms with E-state index in [1.54, 1.807) is 49.1 Å². The molecule has 0 spiro atoms. The number of hydrogen-bond donors (Lipinski definition) is 0. The maximum Gasteiger partial charge on any atom is 0.308 e. The van der Waals surface area contributed by atoms with Crippen molar-refractivity contribution in [2.24, 2.45) is 5.92 Å². The summed E-state index contributed by atoms with van der Waals surface area (Å²) in [5, 5.41) is 4.20. The number of carbonyl (C=O) groups excluding carboxylic acids is 2. The quantitative estimate of drug-likeness (QED) is 0.107. The van der Waals surface area contributed by atoms with Crippen molar-refractivity contribution in [3.8, 4) is 17.2 Å². The van der Waals surface area contributed by atoms with Gasteiger partial charge in [-0.3, -0.25) is 14.2 Å². The fraction of sp³-hybridized carbons (Fsp3) is 0.321. The van der Waals surface area contributed by atoms with Gasteiger partial charge in [-0.1, -0.05) is 134 Å². The first-order valence-corrected chi connectivity index (χ1v) is 21.8. The third kappa shape index (κ3) is 14.6. The van der Waals surface area contributed by atoms with E-state index in [0.717, 1.165) is 46.0 Å². The van der Waals surface area contributed by atoms with Gasteiger partial charge in [0.15, 0.2) is 0 Å². The van der Waals surface area contributed by atoms with Crippen LogP contribution in [-0.4, -0.2) is 30.7 Å². The minimum absolute atomic E-state index is 0. The van der Waals surface area contributed by atoms with Crippen LogP contribution in [0.3, 0.4) is 0 Å². The van der Waals surface area contributed by atoms with Gasteiger partial charge < -0.3 is 14.2 Å². The van der Waals surface area contributed by atoms with Crippen LogP contribution in [0, 0.1) is 19.8 Å². The molecule has 334 valence electrons. The number of carbonyl (C=O) groups is 2. The summed E-state index contributed by atoms with van der Waals surface area (Å²) in [6.07, 6.45) is 2.05. The molecular weight excluding hydrogens is 802 g/mol. The molecule has 0 saturated carbocycles. The molecule has 1 aromatic heterocycles. The zero-order chi connectivity index (χ0) is 45.5. The summed E-state index contributed by atoms with van der Waals surface area (Å²) in [5.74, 6) is 4.01. The number of benzene rings is 6. The first-order valence-electron chi connectivity index (χ1n) is 21.4. The van der Waals surface area contributed by atoms with Crippen LogP contribution in [-0.2, 0) is 17.6 Å². The Kier molecular flexibility index (Phi) is 20.2. The van der Waals surface area contributed by atoms with Gasteiger partial charge in [0.2, 0.25) is 0 Å². The van der Waals surface area contributed by atoms with E-state index in [2.05, 4.69) is 103 Å². The highest BCUT2D eigenvalue weighted by Crippen LogP contribution is 2.31. The fourth-order valence-electron chi connectivity index (χ4n) is 7.08. The molecule has 6 nitrogen and oxygen atoms in total. The lowest BCUT2D eigenvalue weighted by Gasteiger charge is -2.08. The van der Waals surface area contributed by atoms with E-state index in [0.29, 0.717) is 28.2 Å². The van der Waals surface area contributed by atoms with Gasteiger partial charge in [-0.2, -0.15) is 0 Å². The van der Waals surface area contributed by atoms with Crippen LogP contribution in [0.2, 0.25) is 5.02 Å². The number of hydrogen-bond acceptors (Lipinski definition) is 5. The first-order chi connectivity index (χ1) is 29.6.